The Labute approximate surface area is 106 Å². The van der Waals surface area contributed by atoms with Crippen molar-refractivity contribution in [1.82, 2.24) is 9.55 Å². The molecule has 106 valence electrons. The fourth-order valence-corrected chi connectivity index (χ4v) is 2.04. The number of aromatic amines is 1. The van der Waals surface area contributed by atoms with Crippen molar-refractivity contribution in [3.63, 3.8) is 0 Å². The van der Waals surface area contributed by atoms with Crippen LogP contribution >= 0.6 is 0 Å². The zero-order chi connectivity index (χ0) is 14.2. The van der Waals surface area contributed by atoms with Crippen molar-refractivity contribution >= 4 is 0 Å². The fraction of sp³-hybridized carbons (Fsp3) is 0.600. The first-order valence-corrected chi connectivity index (χ1v) is 5.47. The smallest absolute Gasteiger partial charge is 0.330 e. The Bertz CT molecular complexity index is 570. The standard InChI is InChI=1S/C10H13FN2O6/c1-18-7-5(3-14)19-9(6(7)15)13-2-4(11)8(16)12-10(13)17/h2,5-7,9,14-15H,3H2,1H3,(H,12,16,17)/t5-,6-,7-,9-/m1/s1. The molecule has 9 heteroatoms. The van der Waals surface area contributed by atoms with E-state index in [2.05, 4.69) is 0 Å². The number of nitrogens with one attached hydrogen (secondary N) is 1. The fourth-order valence-electron chi connectivity index (χ4n) is 2.04. The summed E-state index contributed by atoms with van der Waals surface area (Å²) >= 11 is 0. The highest BCUT2D eigenvalue weighted by atomic mass is 19.1. The van der Waals surface area contributed by atoms with Gasteiger partial charge in [-0.25, -0.2) is 4.79 Å². The van der Waals surface area contributed by atoms with Crippen LogP contribution in [0.2, 0.25) is 0 Å². The minimum Gasteiger partial charge on any atom is -0.394 e. The molecule has 0 bridgehead atoms. The summed E-state index contributed by atoms with van der Waals surface area (Å²) in [4.78, 5) is 24.2. The first-order chi connectivity index (χ1) is 8.99. The van der Waals surface area contributed by atoms with E-state index < -0.39 is 48.2 Å². The van der Waals surface area contributed by atoms with E-state index in [9.17, 15) is 19.1 Å². The molecule has 1 aliphatic rings. The van der Waals surface area contributed by atoms with Gasteiger partial charge in [-0.2, -0.15) is 4.39 Å². The van der Waals surface area contributed by atoms with Crippen LogP contribution in [-0.4, -0.2) is 51.8 Å². The van der Waals surface area contributed by atoms with Gasteiger partial charge in [-0.1, -0.05) is 0 Å². The van der Waals surface area contributed by atoms with Gasteiger partial charge in [-0.15, -0.1) is 0 Å². The Kier molecular flexibility index (Phi) is 3.80. The van der Waals surface area contributed by atoms with Gasteiger partial charge in [0.2, 0.25) is 5.82 Å². The molecule has 1 aromatic rings. The number of hydrogen-bond donors (Lipinski definition) is 3. The van der Waals surface area contributed by atoms with Crippen molar-refractivity contribution in [3.05, 3.63) is 32.9 Å². The van der Waals surface area contributed by atoms with Crippen LogP contribution in [0.4, 0.5) is 4.39 Å². The lowest BCUT2D eigenvalue weighted by Gasteiger charge is -2.18. The topological polar surface area (TPSA) is 114 Å². The van der Waals surface area contributed by atoms with Crippen LogP contribution in [0.5, 0.6) is 0 Å². The monoisotopic (exact) mass is 276 g/mol. The van der Waals surface area contributed by atoms with Gasteiger partial charge in [0.15, 0.2) is 6.23 Å². The third kappa shape index (κ3) is 2.32. The molecule has 3 N–H and O–H groups in total. The number of aliphatic hydroxyl groups excluding tert-OH is 2. The van der Waals surface area contributed by atoms with Crippen molar-refractivity contribution in [2.45, 2.75) is 24.5 Å². The predicted octanol–water partition coefficient (Wildman–Crippen LogP) is -2.06. The van der Waals surface area contributed by atoms with E-state index in [-0.39, 0.29) is 0 Å². The van der Waals surface area contributed by atoms with Gasteiger partial charge in [-0.3, -0.25) is 14.3 Å². The average Bonchev–Trinajstić information content (AvgIpc) is 2.70. The maximum Gasteiger partial charge on any atom is 0.330 e. The van der Waals surface area contributed by atoms with E-state index in [0.717, 1.165) is 0 Å². The lowest BCUT2D eigenvalue weighted by atomic mass is 10.1. The van der Waals surface area contributed by atoms with E-state index in [1.807, 2.05) is 0 Å². The van der Waals surface area contributed by atoms with Crippen LogP contribution in [0.25, 0.3) is 0 Å². The van der Waals surface area contributed by atoms with Crippen molar-refractivity contribution in [1.29, 1.82) is 0 Å². The normalized spacial score (nSPS) is 30.7. The van der Waals surface area contributed by atoms with E-state index in [1.54, 1.807) is 4.98 Å². The van der Waals surface area contributed by atoms with Crippen LogP contribution in [-0.2, 0) is 9.47 Å². The molecule has 2 heterocycles. The van der Waals surface area contributed by atoms with Gasteiger partial charge < -0.3 is 19.7 Å². The highest BCUT2D eigenvalue weighted by molar-refractivity contribution is 4.95. The number of H-pyrrole nitrogens is 1. The second kappa shape index (κ2) is 5.21. The molecule has 1 aromatic heterocycles. The third-order valence-electron chi connectivity index (χ3n) is 2.96. The molecule has 0 amide bonds. The molecule has 1 aliphatic heterocycles. The van der Waals surface area contributed by atoms with Gasteiger partial charge >= 0.3 is 5.69 Å². The first-order valence-electron chi connectivity index (χ1n) is 5.47. The van der Waals surface area contributed by atoms with E-state index in [1.165, 1.54) is 7.11 Å². The second-order valence-electron chi connectivity index (χ2n) is 4.08. The molecule has 0 aromatic carbocycles. The zero-order valence-electron chi connectivity index (χ0n) is 9.95. The van der Waals surface area contributed by atoms with Crippen molar-refractivity contribution in [2.24, 2.45) is 0 Å². The number of halogens is 1. The van der Waals surface area contributed by atoms with E-state index >= 15 is 0 Å². The number of aliphatic hydroxyl groups is 2. The van der Waals surface area contributed by atoms with Gasteiger partial charge in [-0.05, 0) is 0 Å². The summed E-state index contributed by atoms with van der Waals surface area (Å²) in [5, 5.41) is 19.0. The largest absolute Gasteiger partial charge is 0.394 e. The molecular formula is C10H13FN2O6. The molecule has 8 nitrogen and oxygen atoms in total. The van der Waals surface area contributed by atoms with Gasteiger partial charge in [0, 0.05) is 7.11 Å². The number of methoxy groups -OCH3 is 1. The molecule has 2 rings (SSSR count). The zero-order valence-corrected chi connectivity index (χ0v) is 9.95. The Morgan fingerprint density at radius 1 is 1.58 bits per heavy atom. The number of nitrogens with zero attached hydrogens (tertiary/aromatic N) is 1. The van der Waals surface area contributed by atoms with Crippen LogP contribution in [0.3, 0.4) is 0 Å². The highest BCUT2D eigenvalue weighted by Gasteiger charge is 2.45. The van der Waals surface area contributed by atoms with Crippen molar-refractivity contribution < 1.29 is 24.1 Å². The van der Waals surface area contributed by atoms with Gasteiger partial charge in [0.25, 0.3) is 5.56 Å². The summed E-state index contributed by atoms with van der Waals surface area (Å²) in [6.45, 7) is -0.438. The van der Waals surface area contributed by atoms with E-state index in [0.29, 0.717) is 10.8 Å². The number of hydrogen-bond acceptors (Lipinski definition) is 6. The summed E-state index contributed by atoms with van der Waals surface area (Å²) in [5.41, 5.74) is -2.08. The molecule has 0 radical (unpaired) electrons. The summed E-state index contributed by atoms with van der Waals surface area (Å²) < 4.78 is 24.1. The molecule has 0 saturated carbocycles. The Morgan fingerprint density at radius 2 is 2.26 bits per heavy atom. The molecule has 0 unspecified atom stereocenters. The Balaban J connectivity index is 2.41. The van der Waals surface area contributed by atoms with Crippen molar-refractivity contribution in [2.75, 3.05) is 13.7 Å². The molecule has 1 saturated heterocycles. The quantitative estimate of drug-likeness (QED) is 0.585. The highest BCUT2D eigenvalue weighted by Crippen LogP contribution is 2.29. The minimum absolute atomic E-state index is 0.438. The summed E-state index contributed by atoms with van der Waals surface area (Å²) in [6, 6.07) is 0. The first kappa shape index (κ1) is 13.9. The summed E-state index contributed by atoms with van der Waals surface area (Å²) in [6.07, 6.45) is -3.61. The molecular weight excluding hydrogens is 263 g/mol. The molecule has 0 aliphatic carbocycles. The minimum atomic E-state index is -1.29. The van der Waals surface area contributed by atoms with Crippen molar-refractivity contribution in [3.8, 4) is 0 Å². The third-order valence-corrected chi connectivity index (χ3v) is 2.96. The lowest BCUT2D eigenvalue weighted by molar-refractivity contribution is -0.0572. The lowest BCUT2D eigenvalue weighted by Crippen LogP contribution is -2.39. The SMILES string of the molecule is CO[C@H]1[C@@H](O)[C@H](n2cc(F)c(=O)[nH]c2=O)O[C@@H]1CO. The summed E-state index contributed by atoms with van der Waals surface area (Å²) in [7, 11) is 1.30. The number of ether oxygens (including phenoxy) is 2. The van der Waals surface area contributed by atoms with Crippen LogP contribution in [0.15, 0.2) is 15.8 Å². The van der Waals surface area contributed by atoms with Gasteiger partial charge in [0.1, 0.15) is 18.3 Å². The molecule has 1 fully saturated rings. The predicted molar refractivity (Wildman–Crippen MR) is 59.1 cm³/mol. The Hall–Kier alpha value is -1.55. The molecule has 4 atom stereocenters. The number of aromatic nitrogens is 2. The van der Waals surface area contributed by atoms with Crippen LogP contribution in [0.1, 0.15) is 6.23 Å². The van der Waals surface area contributed by atoms with Crippen LogP contribution < -0.4 is 11.2 Å². The second-order valence-corrected chi connectivity index (χ2v) is 4.08. The van der Waals surface area contributed by atoms with Gasteiger partial charge in [0.05, 0.1) is 12.8 Å². The maximum absolute atomic E-state index is 13.2. The average molecular weight is 276 g/mol. The number of rotatable bonds is 3. The van der Waals surface area contributed by atoms with E-state index in [4.69, 9.17) is 14.6 Å². The Morgan fingerprint density at radius 3 is 2.79 bits per heavy atom. The molecule has 19 heavy (non-hydrogen) atoms. The summed E-state index contributed by atoms with van der Waals surface area (Å²) in [5.74, 6) is -1.18. The van der Waals surface area contributed by atoms with Crippen LogP contribution in [0, 0.1) is 5.82 Å². The maximum atomic E-state index is 13.2. The molecule has 0 spiro atoms.